The molecule has 0 aliphatic heterocycles. The lowest BCUT2D eigenvalue weighted by atomic mass is 9.88. The minimum Gasteiger partial charge on any atom is -0.488 e. The Kier molecular flexibility index (Phi) is 5.73. The molecule has 21 heavy (non-hydrogen) atoms. The minimum atomic E-state index is -0.360. The quantitative estimate of drug-likeness (QED) is 0.461. The molecule has 1 heterocycles. The van der Waals surface area contributed by atoms with E-state index in [-0.39, 0.29) is 24.6 Å². The highest BCUT2D eigenvalue weighted by atomic mass is 79.9. The first kappa shape index (κ1) is 15.9. The Morgan fingerprint density at radius 2 is 2.29 bits per heavy atom. The van der Waals surface area contributed by atoms with Gasteiger partial charge in [-0.2, -0.15) is 0 Å². The van der Waals surface area contributed by atoms with Gasteiger partial charge in [-0.15, -0.1) is 0 Å². The molecule has 1 aromatic rings. The summed E-state index contributed by atoms with van der Waals surface area (Å²) in [5.41, 5.74) is 0.577. The molecule has 1 aliphatic rings. The van der Waals surface area contributed by atoms with Gasteiger partial charge in [-0.3, -0.25) is 4.79 Å². The van der Waals surface area contributed by atoms with Gasteiger partial charge in [0.1, 0.15) is 28.9 Å². The zero-order chi connectivity index (χ0) is 15.2. The number of carbonyl (C=O) groups is 2. The SMILES string of the molecule is CC(=O)OCc1nc(Br)ccc1OC1CCCC(C=O)C1. The summed E-state index contributed by atoms with van der Waals surface area (Å²) in [7, 11) is 0. The van der Waals surface area contributed by atoms with Crippen molar-refractivity contribution >= 4 is 28.2 Å². The molecule has 0 N–H and O–H groups in total. The van der Waals surface area contributed by atoms with Gasteiger partial charge in [0.2, 0.25) is 0 Å². The number of carbonyl (C=O) groups excluding carboxylic acids is 2. The van der Waals surface area contributed by atoms with Crippen LogP contribution in [-0.2, 0) is 20.9 Å². The molecule has 2 unspecified atom stereocenters. The summed E-state index contributed by atoms with van der Waals surface area (Å²) in [6, 6.07) is 3.59. The van der Waals surface area contributed by atoms with Crippen LogP contribution in [0.1, 0.15) is 38.3 Å². The highest BCUT2D eigenvalue weighted by Crippen LogP contribution is 2.29. The van der Waals surface area contributed by atoms with Gasteiger partial charge in [-0.1, -0.05) is 0 Å². The monoisotopic (exact) mass is 355 g/mol. The smallest absolute Gasteiger partial charge is 0.303 e. The van der Waals surface area contributed by atoms with Crippen LogP contribution in [-0.4, -0.2) is 23.3 Å². The van der Waals surface area contributed by atoms with Crippen molar-refractivity contribution in [1.82, 2.24) is 4.98 Å². The maximum atomic E-state index is 10.9. The fourth-order valence-electron chi connectivity index (χ4n) is 2.43. The van der Waals surface area contributed by atoms with Crippen LogP contribution in [0.2, 0.25) is 0 Å². The van der Waals surface area contributed by atoms with Crippen molar-refractivity contribution in [3.63, 3.8) is 0 Å². The Morgan fingerprint density at radius 1 is 1.48 bits per heavy atom. The number of ether oxygens (including phenoxy) is 2. The van der Waals surface area contributed by atoms with Gasteiger partial charge in [0.25, 0.3) is 0 Å². The lowest BCUT2D eigenvalue weighted by Gasteiger charge is -2.27. The Bertz CT molecular complexity index is 520. The van der Waals surface area contributed by atoms with E-state index >= 15 is 0 Å². The predicted octanol–water partition coefficient (Wildman–Crippen LogP) is 3.04. The van der Waals surface area contributed by atoms with Crippen LogP contribution in [0.15, 0.2) is 16.7 Å². The van der Waals surface area contributed by atoms with E-state index in [9.17, 15) is 9.59 Å². The van der Waals surface area contributed by atoms with Crippen molar-refractivity contribution in [1.29, 1.82) is 0 Å². The molecule has 0 amide bonds. The van der Waals surface area contributed by atoms with E-state index < -0.39 is 0 Å². The van der Waals surface area contributed by atoms with Crippen LogP contribution in [0, 0.1) is 5.92 Å². The number of aromatic nitrogens is 1. The molecule has 0 bridgehead atoms. The number of hydrogen-bond donors (Lipinski definition) is 0. The second-order valence-electron chi connectivity index (χ2n) is 5.16. The number of aldehydes is 1. The third kappa shape index (κ3) is 4.81. The zero-order valence-corrected chi connectivity index (χ0v) is 13.5. The molecule has 2 atom stereocenters. The van der Waals surface area contributed by atoms with Gasteiger partial charge in [-0.05, 0) is 53.7 Å². The van der Waals surface area contributed by atoms with Gasteiger partial charge in [-0.25, -0.2) is 4.98 Å². The van der Waals surface area contributed by atoms with Gasteiger partial charge < -0.3 is 14.3 Å². The van der Waals surface area contributed by atoms with Gasteiger partial charge in [0.05, 0.1) is 6.10 Å². The van der Waals surface area contributed by atoms with Crippen molar-refractivity contribution in [3.05, 3.63) is 22.4 Å². The van der Waals surface area contributed by atoms with Crippen LogP contribution in [0.25, 0.3) is 0 Å². The lowest BCUT2D eigenvalue weighted by molar-refractivity contribution is -0.142. The van der Waals surface area contributed by atoms with E-state index in [0.717, 1.165) is 32.0 Å². The molecule has 6 heteroatoms. The Balaban J connectivity index is 2.07. The molecular weight excluding hydrogens is 338 g/mol. The predicted molar refractivity (Wildman–Crippen MR) is 79.8 cm³/mol. The van der Waals surface area contributed by atoms with Crippen LogP contribution in [0.3, 0.4) is 0 Å². The number of pyridine rings is 1. The Labute approximate surface area is 132 Å². The molecular formula is C15H18BrNO4. The highest BCUT2D eigenvalue weighted by molar-refractivity contribution is 9.10. The summed E-state index contributed by atoms with van der Waals surface area (Å²) in [5, 5.41) is 0. The molecule has 0 spiro atoms. The van der Waals surface area contributed by atoms with Crippen molar-refractivity contribution in [2.45, 2.75) is 45.3 Å². The molecule has 1 aromatic heterocycles. The summed E-state index contributed by atoms with van der Waals surface area (Å²) >= 11 is 3.30. The fraction of sp³-hybridized carbons (Fsp3) is 0.533. The third-order valence-corrected chi connectivity index (χ3v) is 3.90. The summed E-state index contributed by atoms with van der Waals surface area (Å²) in [6.45, 7) is 1.43. The third-order valence-electron chi connectivity index (χ3n) is 3.46. The molecule has 0 aromatic carbocycles. The molecule has 0 radical (unpaired) electrons. The molecule has 1 fully saturated rings. The van der Waals surface area contributed by atoms with Crippen LogP contribution < -0.4 is 4.74 Å². The van der Waals surface area contributed by atoms with Crippen molar-refractivity contribution < 1.29 is 19.1 Å². The highest BCUT2D eigenvalue weighted by Gasteiger charge is 2.24. The van der Waals surface area contributed by atoms with E-state index in [1.165, 1.54) is 6.92 Å². The van der Waals surface area contributed by atoms with Crippen LogP contribution in [0.5, 0.6) is 5.75 Å². The first-order valence-electron chi connectivity index (χ1n) is 6.99. The number of hydrogen-bond acceptors (Lipinski definition) is 5. The van der Waals surface area contributed by atoms with E-state index in [0.29, 0.717) is 16.0 Å². The minimum absolute atomic E-state index is 0.00741. The molecule has 1 saturated carbocycles. The first-order valence-corrected chi connectivity index (χ1v) is 7.78. The number of esters is 1. The lowest BCUT2D eigenvalue weighted by Crippen LogP contribution is -2.26. The summed E-state index contributed by atoms with van der Waals surface area (Å²) in [4.78, 5) is 26.2. The van der Waals surface area contributed by atoms with Crippen molar-refractivity contribution in [3.8, 4) is 5.75 Å². The summed E-state index contributed by atoms with van der Waals surface area (Å²) in [6.07, 6.45) is 4.59. The van der Waals surface area contributed by atoms with E-state index in [4.69, 9.17) is 9.47 Å². The molecule has 5 nitrogen and oxygen atoms in total. The van der Waals surface area contributed by atoms with Crippen LogP contribution in [0.4, 0.5) is 0 Å². The largest absolute Gasteiger partial charge is 0.488 e. The van der Waals surface area contributed by atoms with Crippen molar-refractivity contribution in [2.75, 3.05) is 0 Å². The number of nitrogens with zero attached hydrogens (tertiary/aromatic N) is 1. The van der Waals surface area contributed by atoms with E-state index in [2.05, 4.69) is 20.9 Å². The van der Waals surface area contributed by atoms with Gasteiger partial charge in [0.15, 0.2) is 0 Å². The average molecular weight is 356 g/mol. The summed E-state index contributed by atoms with van der Waals surface area (Å²) in [5.74, 6) is 0.321. The van der Waals surface area contributed by atoms with E-state index in [1.807, 2.05) is 0 Å². The Hall–Kier alpha value is -1.43. The normalized spacial score (nSPS) is 21.6. The van der Waals surface area contributed by atoms with Crippen LogP contribution >= 0.6 is 15.9 Å². The molecule has 1 aliphatic carbocycles. The van der Waals surface area contributed by atoms with Gasteiger partial charge in [0, 0.05) is 12.8 Å². The average Bonchev–Trinajstić information content (AvgIpc) is 2.47. The maximum absolute atomic E-state index is 10.9. The topological polar surface area (TPSA) is 65.5 Å². The standard InChI is InChI=1S/C15H18BrNO4/c1-10(19)20-9-13-14(5-6-15(16)17-13)21-12-4-2-3-11(7-12)8-18/h5-6,8,11-12H,2-4,7,9H2,1H3. The second kappa shape index (κ2) is 7.54. The molecule has 0 saturated heterocycles. The maximum Gasteiger partial charge on any atom is 0.303 e. The van der Waals surface area contributed by atoms with Gasteiger partial charge >= 0.3 is 5.97 Å². The fourth-order valence-corrected chi connectivity index (χ4v) is 2.78. The van der Waals surface area contributed by atoms with E-state index in [1.54, 1.807) is 12.1 Å². The molecule has 2 rings (SSSR count). The number of rotatable bonds is 5. The summed E-state index contributed by atoms with van der Waals surface area (Å²) < 4.78 is 11.6. The molecule has 114 valence electrons. The zero-order valence-electron chi connectivity index (χ0n) is 11.9. The first-order chi connectivity index (χ1) is 10.1. The second-order valence-corrected chi connectivity index (χ2v) is 5.97. The number of halogens is 1. The van der Waals surface area contributed by atoms with Crippen molar-refractivity contribution in [2.24, 2.45) is 5.92 Å². The Morgan fingerprint density at radius 3 is 3.00 bits per heavy atom.